The Morgan fingerprint density at radius 2 is 1.93 bits per heavy atom. The van der Waals surface area contributed by atoms with Crippen molar-refractivity contribution in [2.24, 2.45) is 0 Å². The number of carbonyl (C=O) groups is 1. The molecule has 0 unspecified atom stereocenters. The molecule has 14 heavy (non-hydrogen) atoms. The first kappa shape index (κ1) is 11.5. The highest BCUT2D eigenvalue weighted by Gasteiger charge is 2.47. The molecule has 0 spiro atoms. The molecular formula is C8H15NO4S. The molecule has 1 aliphatic rings. The number of nitrogens with one attached hydrogen (secondary N) is 1. The Morgan fingerprint density at radius 3 is 2.14 bits per heavy atom. The standard InChI is InChI=1S/C8H15NO4S/c1-6(2)14(12,13)9-8(7(10)11)4-3-5-8/h6,9H,3-5H2,1-2H3,(H,10,11). The maximum atomic E-state index is 11.5. The number of rotatable bonds is 4. The van der Waals surface area contributed by atoms with Crippen LogP contribution in [0.4, 0.5) is 0 Å². The number of carboxylic acids is 1. The van der Waals surface area contributed by atoms with E-state index in [0.717, 1.165) is 6.42 Å². The van der Waals surface area contributed by atoms with Crippen molar-refractivity contribution in [3.05, 3.63) is 0 Å². The molecule has 1 aliphatic carbocycles. The van der Waals surface area contributed by atoms with Crippen LogP contribution in [-0.4, -0.2) is 30.3 Å². The van der Waals surface area contributed by atoms with Crippen LogP contribution in [0.2, 0.25) is 0 Å². The van der Waals surface area contributed by atoms with Gasteiger partial charge in [0, 0.05) is 0 Å². The summed E-state index contributed by atoms with van der Waals surface area (Å²) in [5, 5.41) is 8.30. The first-order valence-electron chi connectivity index (χ1n) is 4.56. The second-order valence-electron chi connectivity index (χ2n) is 3.94. The fourth-order valence-electron chi connectivity index (χ4n) is 1.28. The van der Waals surface area contributed by atoms with Crippen LogP contribution in [0.15, 0.2) is 0 Å². The van der Waals surface area contributed by atoms with Crippen LogP contribution in [0.1, 0.15) is 33.1 Å². The molecule has 82 valence electrons. The molecule has 0 saturated heterocycles. The molecule has 1 rings (SSSR count). The van der Waals surface area contributed by atoms with E-state index in [2.05, 4.69) is 4.72 Å². The van der Waals surface area contributed by atoms with Gasteiger partial charge in [0.1, 0.15) is 5.54 Å². The van der Waals surface area contributed by atoms with Crippen LogP contribution in [0.25, 0.3) is 0 Å². The summed E-state index contributed by atoms with van der Waals surface area (Å²) >= 11 is 0. The number of hydrogen-bond donors (Lipinski definition) is 2. The van der Waals surface area contributed by atoms with Crippen LogP contribution < -0.4 is 4.72 Å². The summed E-state index contributed by atoms with van der Waals surface area (Å²) in [7, 11) is -3.49. The summed E-state index contributed by atoms with van der Waals surface area (Å²) in [6.07, 6.45) is 1.52. The van der Waals surface area contributed by atoms with E-state index in [0.29, 0.717) is 12.8 Å². The normalized spacial score (nSPS) is 20.5. The zero-order valence-electron chi connectivity index (χ0n) is 8.28. The van der Waals surface area contributed by atoms with E-state index < -0.39 is 26.8 Å². The number of hydrogen-bond acceptors (Lipinski definition) is 3. The fourth-order valence-corrected chi connectivity index (χ4v) is 2.35. The minimum absolute atomic E-state index is 0.383. The number of aliphatic carboxylic acids is 1. The van der Waals surface area contributed by atoms with Gasteiger partial charge in [-0.1, -0.05) is 0 Å². The second-order valence-corrected chi connectivity index (χ2v) is 6.17. The first-order valence-corrected chi connectivity index (χ1v) is 6.11. The Hall–Kier alpha value is -0.620. The Morgan fingerprint density at radius 1 is 1.43 bits per heavy atom. The molecule has 0 aliphatic heterocycles. The van der Waals surface area contributed by atoms with Crippen LogP contribution in [0.5, 0.6) is 0 Å². The lowest BCUT2D eigenvalue weighted by Crippen LogP contribution is -2.60. The van der Waals surface area contributed by atoms with Crippen molar-refractivity contribution in [3.8, 4) is 0 Å². The quantitative estimate of drug-likeness (QED) is 0.716. The Labute approximate surface area is 83.6 Å². The van der Waals surface area contributed by atoms with Crippen molar-refractivity contribution in [1.82, 2.24) is 4.72 Å². The van der Waals surface area contributed by atoms with Gasteiger partial charge in [-0.3, -0.25) is 4.79 Å². The molecule has 0 aromatic heterocycles. The molecule has 1 saturated carbocycles. The largest absolute Gasteiger partial charge is 0.480 e. The van der Waals surface area contributed by atoms with E-state index >= 15 is 0 Å². The summed E-state index contributed by atoms with van der Waals surface area (Å²) in [6, 6.07) is 0. The molecule has 0 atom stereocenters. The monoisotopic (exact) mass is 221 g/mol. The molecule has 1 fully saturated rings. The minimum Gasteiger partial charge on any atom is -0.480 e. The number of sulfonamides is 1. The Balaban J connectivity index is 2.81. The van der Waals surface area contributed by atoms with Gasteiger partial charge in [0.2, 0.25) is 10.0 Å². The fraction of sp³-hybridized carbons (Fsp3) is 0.875. The van der Waals surface area contributed by atoms with Gasteiger partial charge < -0.3 is 5.11 Å². The minimum atomic E-state index is -3.49. The molecule has 2 N–H and O–H groups in total. The average Bonchev–Trinajstić information content (AvgIpc) is 1.95. The second kappa shape index (κ2) is 3.51. The summed E-state index contributed by atoms with van der Waals surface area (Å²) in [5.41, 5.74) is -1.23. The van der Waals surface area contributed by atoms with E-state index in [4.69, 9.17) is 5.11 Å². The van der Waals surface area contributed by atoms with Crippen molar-refractivity contribution < 1.29 is 18.3 Å². The van der Waals surface area contributed by atoms with Gasteiger partial charge in [0.15, 0.2) is 0 Å². The highest BCUT2D eigenvalue weighted by atomic mass is 32.2. The first-order chi connectivity index (χ1) is 6.30. The van der Waals surface area contributed by atoms with Crippen LogP contribution in [-0.2, 0) is 14.8 Å². The van der Waals surface area contributed by atoms with Crippen LogP contribution in [0.3, 0.4) is 0 Å². The van der Waals surface area contributed by atoms with E-state index in [1.165, 1.54) is 13.8 Å². The highest BCUT2D eigenvalue weighted by Crippen LogP contribution is 2.33. The summed E-state index contributed by atoms with van der Waals surface area (Å²) in [6.45, 7) is 3.05. The highest BCUT2D eigenvalue weighted by molar-refractivity contribution is 7.90. The van der Waals surface area contributed by atoms with Gasteiger partial charge in [-0.15, -0.1) is 0 Å². The molecule has 0 aromatic rings. The van der Waals surface area contributed by atoms with Crippen molar-refractivity contribution in [2.75, 3.05) is 0 Å². The summed E-state index contributed by atoms with van der Waals surface area (Å²) in [5.74, 6) is -1.08. The van der Waals surface area contributed by atoms with Gasteiger partial charge >= 0.3 is 5.97 Å². The molecule has 0 heterocycles. The van der Waals surface area contributed by atoms with Crippen LogP contribution >= 0.6 is 0 Å². The summed E-state index contributed by atoms with van der Waals surface area (Å²) < 4.78 is 25.2. The Kier molecular flexibility index (Phi) is 2.87. The Bertz CT molecular complexity index is 329. The topological polar surface area (TPSA) is 83.5 Å². The maximum absolute atomic E-state index is 11.5. The predicted molar refractivity (Wildman–Crippen MR) is 51.4 cm³/mol. The third-order valence-corrected chi connectivity index (χ3v) is 4.49. The smallest absolute Gasteiger partial charge is 0.324 e. The summed E-state index contributed by atoms with van der Waals surface area (Å²) in [4.78, 5) is 10.9. The van der Waals surface area contributed by atoms with Crippen molar-refractivity contribution in [2.45, 2.75) is 43.9 Å². The molecule has 0 radical (unpaired) electrons. The van der Waals surface area contributed by atoms with Gasteiger partial charge in [-0.2, -0.15) is 4.72 Å². The molecule has 5 nitrogen and oxygen atoms in total. The van der Waals surface area contributed by atoms with Gasteiger partial charge in [0.05, 0.1) is 5.25 Å². The van der Waals surface area contributed by atoms with E-state index in [1.54, 1.807) is 0 Å². The third-order valence-electron chi connectivity index (χ3n) is 2.57. The predicted octanol–water partition coefficient (Wildman–Crippen LogP) is 0.321. The van der Waals surface area contributed by atoms with Gasteiger partial charge in [-0.25, -0.2) is 8.42 Å². The maximum Gasteiger partial charge on any atom is 0.324 e. The third kappa shape index (κ3) is 1.90. The van der Waals surface area contributed by atoms with Crippen molar-refractivity contribution >= 4 is 16.0 Å². The van der Waals surface area contributed by atoms with Crippen molar-refractivity contribution in [1.29, 1.82) is 0 Å². The molecule has 6 heteroatoms. The van der Waals surface area contributed by atoms with Crippen molar-refractivity contribution in [3.63, 3.8) is 0 Å². The number of carboxylic acid groups (broad SMARTS) is 1. The van der Waals surface area contributed by atoms with Gasteiger partial charge in [0.25, 0.3) is 0 Å². The van der Waals surface area contributed by atoms with E-state index in [1.807, 2.05) is 0 Å². The van der Waals surface area contributed by atoms with E-state index in [9.17, 15) is 13.2 Å². The zero-order chi connectivity index (χ0) is 11.0. The van der Waals surface area contributed by atoms with Gasteiger partial charge in [-0.05, 0) is 33.1 Å². The van der Waals surface area contributed by atoms with E-state index in [-0.39, 0.29) is 0 Å². The average molecular weight is 221 g/mol. The van der Waals surface area contributed by atoms with Crippen LogP contribution in [0, 0.1) is 0 Å². The lowest BCUT2D eigenvalue weighted by Gasteiger charge is -2.38. The lowest BCUT2D eigenvalue weighted by molar-refractivity contribution is -0.147. The molecule has 0 aromatic carbocycles. The SMILES string of the molecule is CC(C)S(=O)(=O)NC1(C(=O)O)CCC1. The lowest BCUT2D eigenvalue weighted by atomic mass is 9.78. The molecule has 0 bridgehead atoms. The zero-order valence-corrected chi connectivity index (χ0v) is 9.10. The molecule has 0 amide bonds. The molecular weight excluding hydrogens is 206 g/mol.